The highest BCUT2D eigenvalue weighted by Gasteiger charge is 2.18. The number of rotatable bonds is 4. The van der Waals surface area contributed by atoms with Crippen molar-refractivity contribution in [3.8, 4) is 0 Å². The molecule has 0 amide bonds. The fourth-order valence-electron chi connectivity index (χ4n) is 3.42. The molecule has 0 saturated carbocycles. The molecule has 2 nitrogen and oxygen atoms in total. The Bertz CT molecular complexity index is 908. The number of nitrogens with zero attached hydrogens (tertiary/aromatic N) is 2. The van der Waals surface area contributed by atoms with Crippen LogP contribution in [0.25, 0.3) is 0 Å². The lowest BCUT2D eigenvalue weighted by atomic mass is 10.1. The summed E-state index contributed by atoms with van der Waals surface area (Å²) >= 11 is 12.2. The van der Waals surface area contributed by atoms with Gasteiger partial charge in [0.2, 0.25) is 0 Å². The van der Waals surface area contributed by atoms with E-state index in [0.29, 0.717) is 10.0 Å². The van der Waals surface area contributed by atoms with Crippen molar-refractivity contribution in [2.45, 2.75) is 13.3 Å². The molecule has 0 atom stereocenters. The summed E-state index contributed by atoms with van der Waals surface area (Å²) in [5.74, 6) is -0.179. The molecule has 0 aromatic heterocycles. The van der Waals surface area contributed by atoms with Gasteiger partial charge in [-0.2, -0.15) is 0 Å². The molecule has 1 aliphatic heterocycles. The molecule has 5 heteroatoms. The van der Waals surface area contributed by atoms with E-state index < -0.39 is 0 Å². The van der Waals surface area contributed by atoms with Crippen LogP contribution in [0.2, 0.25) is 10.0 Å². The van der Waals surface area contributed by atoms with Crippen LogP contribution in [0.4, 0.5) is 10.1 Å². The van der Waals surface area contributed by atoms with Gasteiger partial charge in [0.05, 0.1) is 10.7 Å². The zero-order valence-corrected chi connectivity index (χ0v) is 18.7. The Kier molecular flexibility index (Phi) is 8.56. The van der Waals surface area contributed by atoms with Crippen LogP contribution in [0.3, 0.4) is 0 Å². The van der Waals surface area contributed by atoms with E-state index in [1.54, 1.807) is 6.07 Å². The smallest absolute Gasteiger partial charge is 0.123 e. The normalized spacial score (nSPS) is 14.2. The molecule has 0 bridgehead atoms. The summed E-state index contributed by atoms with van der Waals surface area (Å²) < 4.78 is 12.9. The topological polar surface area (TPSA) is 6.48 Å². The maximum atomic E-state index is 12.9. The highest BCUT2D eigenvalue weighted by atomic mass is 35.5. The van der Waals surface area contributed by atoms with Gasteiger partial charge in [0.1, 0.15) is 5.82 Å². The van der Waals surface area contributed by atoms with Gasteiger partial charge in [-0.3, -0.25) is 4.90 Å². The third kappa shape index (κ3) is 7.02. The Labute approximate surface area is 188 Å². The Morgan fingerprint density at radius 3 is 2.07 bits per heavy atom. The molecule has 0 spiro atoms. The minimum atomic E-state index is -0.179. The molecule has 4 rings (SSSR count). The fourth-order valence-corrected chi connectivity index (χ4v) is 3.95. The van der Waals surface area contributed by atoms with E-state index in [-0.39, 0.29) is 5.82 Å². The van der Waals surface area contributed by atoms with E-state index in [1.165, 1.54) is 23.3 Å². The van der Waals surface area contributed by atoms with E-state index in [2.05, 4.69) is 28.9 Å². The lowest BCUT2D eigenvalue weighted by molar-refractivity contribution is 0.261. The zero-order valence-electron chi connectivity index (χ0n) is 17.2. The van der Waals surface area contributed by atoms with Crippen LogP contribution >= 0.6 is 23.2 Å². The summed E-state index contributed by atoms with van der Waals surface area (Å²) in [5.41, 5.74) is 3.55. The average Bonchev–Trinajstić information content (AvgIpc) is 2.75. The van der Waals surface area contributed by atoms with Gasteiger partial charge < -0.3 is 4.90 Å². The van der Waals surface area contributed by atoms with E-state index in [0.717, 1.165) is 44.8 Å². The predicted molar refractivity (Wildman–Crippen MR) is 126 cm³/mol. The number of hydrogen-bond acceptors (Lipinski definition) is 2. The SMILES string of the molecule is Cc1ccccc1.Fc1ccc(CCN2CCN(c3ccc(Cl)cc3Cl)CC2)cc1. The second kappa shape index (κ2) is 11.4. The van der Waals surface area contributed by atoms with Crippen LogP contribution in [-0.2, 0) is 6.42 Å². The fraction of sp³-hybridized carbons (Fsp3) is 0.280. The molecule has 1 aliphatic rings. The second-order valence-corrected chi connectivity index (χ2v) is 8.30. The number of halogens is 3. The zero-order chi connectivity index (χ0) is 21.3. The molecule has 158 valence electrons. The van der Waals surface area contributed by atoms with Gasteiger partial charge >= 0.3 is 0 Å². The Morgan fingerprint density at radius 2 is 1.50 bits per heavy atom. The van der Waals surface area contributed by atoms with Crippen molar-refractivity contribution < 1.29 is 4.39 Å². The summed E-state index contributed by atoms with van der Waals surface area (Å²) in [6.45, 7) is 6.98. The average molecular weight is 445 g/mol. The Morgan fingerprint density at radius 1 is 0.833 bits per heavy atom. The van der Waals surface area contributed by atoms with Gasteiger partial charge in [0.25, 0.3) is 0 Å². The van der Waals surface area contributed by atoms with E-state index in [9.17, 15) is 4.39 Å². The molecule has 0 aliphatic carbocycles. The van der Waals surface area contributed by atoms with Crippen LogP contribution in [0.1, 0.15) is 11.1 Å². The first-order valence-corrected chi connectivity index (χ1v) is 11.0. The molecule has 0 unspecified atom stereocenters. The van der Waals surface area contributed by atoms with Gasteiger partial charge in [-0.1, -0.05) is 71.2 Å². The molecule has 0 N–H and O–H groups in total. The summed E-state index contributed by atoms with van der Waals surface area (Å²) in [4.78, 5) is 4.73. The number of aryl methyl sites for hydroxylation is 1. The van der Waals surface area contributed by atoms with Crippen molar-refractivity contribution in [2.24, 2.45) is 0 Å². The summed E-state index contributed by atoms with van der Waals surface area (Å²) in [6.07, 6.45) is 0.946. The minimum Gasteiger partial charge on any atom is -0.368 e. The molecule has 1 fully saturated rings. The summed E-state index contributed by atoms with van der Waals surface area (Å²) in [6, 6.07) is 22.7. The lowest BCUT2D eigenvalue weighted by Gasteiger charge is -2.36. The molecule has 1 heterocycles. The molecule has 0 radical (unpaired) electrons. The van der Waals surface area contributed by atoms with E-state index in [1.807, 2.05) is 42.5 Å². The molecular weight excluding hydrogens is 418 g/mol. The number of hydrogen-bond donors (Lipinski definition) is 0. The molecule has 30 heavy (non-hydrogen) atoms. The maximum Gasteiger partial charge on any atom is 0.123 e. The number of anilines is 1. The van der Waals surface area contributed by atoms with Crippen LogP contribution in [0, 0.1) is 12.7 Å². The van der Waals surface area contributed by atoms with Crippen LogP contribution in [-0.4, -0.2) is 37.6 Å². The Balaban J connectivity index is 0.000000310. The largest absolute Gasteiger partial charge is 0.368 e. The number of piperazine rings is 1. The van der Waals surface area contributed by atoms with Gasteiger partial charge in [0.15, 0.2) is 0 Å². The quantitative estimate of drug-likeness (QED) is 0.453. The highest BCUT2D eigenvalue weighted by Crippen LogP contribution is 2.29. The molecule has 3 aromatic rings. The highest BCUT2D eigenvalue weighted by molar-refractivity contribution is 6.36. The van der Waals surface area contributed by atoms with Crippen LogP contribution in [0.5, 0.6) is 0 Å². The van der Waals surface area contributed by atoms with Crippen molar-refractivity contribution in [2.75, 3.05) is 37.6 Å². The number of benzene rings is 3. The molecule has 1 saturated heterocycles. The third-order valence-electron chi connectivity index (χ3n) is 5.19. The van der Waals surface area contributed by atoms with Crippen LogP contribution in [0.15, 0.2) is 72.8 Å². The predicted octanol–water partition coefficient (Wildman–Crippen LogP) is 6.49. The van der Waals surface area contributed by atoms with Gasteiger partial charge in [0, 0.05) is 37.7 Å². The minimum absolute atomic E-state index is 0.179. The van der Waals surface area contributed by atoms with Crippen LogP contribution < -0.4 is 4.90 Å². The first-order chi connectivity index (χ1) is 14.5. The second-order valence-electron chi connectivity index (χ2n) is 7.46. The monoisotopic (exact) mass is 444 g/mol. The van der Waals surface area contributed by atoms with Crippen molar-refractivity contribution in [1.29, 1.82) is 0 Å². The van der Waals surface area contributed by atoms with E-state index in [4.69, 9.17) is 23.2 Å². The first kappa shape index (κ1) is 22.6. The Hall–Kier alpha value is -2.07. The van der Waals surface area contributed by atoms with Crippen molar-refractivity contribution in [1.82, 2.24) is 4.90 Å². The molecule has 3 aromatic carbocycles. The van der Waals surface area contributed by atoms with Crippen molar-refractivity contribution >= 4 is 28.9 Å². The lowest BCUT2D eigenvalue weighted by Crippen LogP contribution is -2.47. The van der Waals surface area contributed by atoms with E-state index >= 15 is 0 Å². The summed E-state index contributed by atoms with van der Waals surface area (Å²) in [5, 5.41) is 1.37. The van der Waals surface area contributed by atoms with Gasteiger partial charge in [-0.05, 0) is 49.2 Å². The maximum absolute atomic E-state index is 12.9. The summed E-state index contributed by atoms with van der Waals surface area (Å²) in [7, 11) is 0. The molecular formula is C25H27Cl2FN2. The third-order valence-corrected chi connectivity index (χ3v) is 5.73. The standard InChI is InChI=1S/C18H19Cl2FN2.C7H8/c19-15-3-6-18(17(20)13-15)23-11-9-22(10-12-23)8-7-14-1-4-16(21)5-2-14;1-7-5-3-2-4-6-7/h1-6,13H,7-12H2;2-6H,1H3. The van der Waals surface area contributed by atoms with Gasteiger partial charge in [-0.15, -0.1) is 0 Å². The van der Waals surface area contributed by atoms with Crippen molar-refractivity contribution in [3.63, 3.8) is 0 Å². The van der Waals surface area contributed by atoms with Gasteiger partial charge in [-0.25, -0.2) is 4.39 Å². The first-order valence-electron chi connectivity index (χ1n) is 10.2. The van der Waals surface area contributed by atoms with Crippen molar-refractivity contribution in [3.05, 3.63) is 99.8 Å².